The van der Waals surface area contributed by atoms with Crippen LogP contribution in [0.3, 0.4) is 0 Å². The molecule has 14 heteroatoms. The number of rotatable bonds is 9. The molecule has 0 saturated heterocycles. The number of benzene rings is 14. The van der Waals surface area contributed by atoms with Gasteiger partial charge in [0.1, 0.15) is 10.0 Å². The fourth-order valence-electron chi connectivity index (χ4n) is 14.5. The van der Waals surface area contributed by atoms with E-state index in [1.165, 1.54) is 88.3 Å². The van der Waals surface area contributed by atoms with Gasteiger partial charge in [0.15, 0.2) is 34.9 Å². The van der Waals surface area contributed by atoms with Crippen molar-refractivity contribution in [3.8, 4) is 106 Å². The summed E-state index contributed by atoms with van der Waals surface area (Å²) in [6, 6.07) is 114. The molecule has 1 aliphatic rings. The van der Waals surface area contributed by atoms with Crippen LogP contribution in [0.25, 0.3) is 189 Å². The van der Waals surface area contributed by atoms with Crippen molar-refractivity contribution in [1.29, 1.82) is 0 Å². The molecule has 504 valence electrons. The summed E-state index contributed by atoms with van der Waals surface area (Å²) in [4.78, 5) is 39.7. The Morgan fingerprint density at radius 2 is 0.654 bits per heavy atom. The Bertz CT molecular complexity index is 6940. The van der Waals surface area contributed by atoms with E-state index >= 15 is 0 Å². The zero-order valence-electron chi connectivity index (χ0n) is 56.9. The van der Waals surface area contributed by atoms with Crippen molar-refractivity contribution in [3.05, 3.63) is 343 Å². The number of nitrogens with zero attached hydrogens (tertiary/aromatic N) is 9. The first-order valence-corrected chi connectivity index (χ1v) is 39.2. The van der Waals surface area contributed by atoms with Gasteiger partial charge in [0, 0.05) is 106 Å². The molecule has 21 aromatic rings. The molecule has 0 amide bonds. The lowest BCUT2D eigenvalue weighted by Gasteiger charge is -2.11. The van der Waals surface area contributed by atoms with E-state index in [1.54, 1.807) is 45.3 Å². The highest BCUT2D eigenvalue weighted by Gasteiger charge is 2.23. The molecule has 7 aromatic heterocycles. The van der Waals surface area contributed by atoms with Gasteiger partial charge in [-0.05, 0) is 132 Å². The molecule has 0 atom stereocenters. The van der Waals surface area contributed by atoms with Crippen LogP contribution in [-0.2, 0) is 6.42 Å². The van der Waals surface area contributed by atoms with Gasteiger partial charge < -0.3 is 4.57 Å². The van der Waals surface area contributed by atoms with Crippen molar-refractivity contribution in [2.75, 3.05) is 0 Å². The van der Waals surface area contributed by atoms with Crippen LogP contribution in [0.15, 0.2) is 332 Å². The largest absolute Gasteiger partial charge is 0.309 e. The smallest absolute Gasteiger partial charge is 0.165 e. The Morgan fingerprint density at radius 3 is 1.21 bits per heavy atom. The molecule has 0 radical (unpaired) electrons. The summed E-state index contributed by atoms with van der Waals surface area (Å²) < 4.78 is 10.7. The summed E-state index contributed by atoms with van der Waals surface area (Å²) in [6.07, 6.45) is 1.03. The highest BCUT2D eigenvalue weighted by molar-refractivity contribution is 9.10. The number of thiophene rings is 2. The molecule has 7 heterocycles. The van der Waals surface area contributed by atoms with Gasteiger partial charge in [0.05, 0.1) is 31.5 Å². The summed E-state index contributed by atoms with van der Waals surface area (Å²) in [5.41, 5.74) is 19.3. The zero-order valence-corrected chi connectivity index (χ0v) is 61.8. The van der Waals surface area contributed by atoms with Crippen LogP contribution >= 0.6 is 61.3 Å². The van der Waals surface area contributed by atoms with Gasteiger partial charge >= 0.3 is 0 Å². The van der Waals surface area contributed by atoms with E-state index in [0.717, 1.165) is 87.6 Å². The van der Waals surface area contributed by atoms with E-state index in [0.29, 0.717) is 34.9 Å². The number of hydrogen-bond acceptors (Lipinski definition) is 12. The molecule has 0 aliphatic heterocycles. The van der Waals surface area contributed by atoms with Gasteiger partial charge in [-0.3, -0.25) is 0 Å². The van der Waals surface area contributed by atoms with E-state index in [2.05, 4.69) is 263 Å². The SMILES string of the molecule is Brc1ccc(-c2nc(-c3ccccc3)nc(-c3cccc4c3sc3ccccc34)n2)cc1.c1ccc(-c2nc(-c3ccc(-n4c5ccccc5c5ccc(-c6nc7ccccc7s6)cc54)cc3)nc(-c3cccc4c3sc3ccccc34)n2)cc1.c1ccc2c(c1)Cc1cc(-c3nc4ccccc4s3)ccc1-2. The average Bonchev–Trinajstić information content (AvgIpc) is 1.60. The summed E-state index contributed by atoms with van der Waals surface area (Å²) in [5.74, 6) is 3.98. The molecule has 0 N–H and O–H groups in total. The minimum atomic E-state index is 0.638. The Labute approximate surface area is 639 Å². The van der Waals surface area contributed by atoms with Gasteiger partial charge in [-0.1, -0.05) is 240 Å². The number of para-hydroxylation sites is 3. The van der Waals surface area contributed by atoms with Crippen molar-refractivity contribution >= 4 is 144 Å². The first-order valence-electron chi connectivity index (χ1n) is 35.2. The van der Waals surface area contributed by atoms with Crippen LogP contribution in [0.1, 0.15) is 11.1 Å². The minimum absolute atomic E-state index is 0.638. The highest BCUT2D eigenvalue weighted by atomic mass is 79.9. The second-order valence-electron chi connectivity index (χ2n) is 26.2. The second-order valence-corrected chi connectivity index (χ2v) is 31.3. The van der Waals surface area contributed by atoms with E-state index in [9.17, 15) is 0 Å². The first-order chi connectivity index (χ1) is 52.9. The van der Waals surface area contributed by atoms with Crippen molar-refractivity contribution in [3.63, 3.8) is 0 Å². The predicted octanol–water partition coefficient (Wildman–Crippen LogP) is 26.2. The molecule has 22 rings (SSSR count). The van der Waals surface area contributed by atoms with Crippen molar-refractivity contribution in [1.82, 2.24) is 44.4 Å². The lowest BCUT2D eigenvalue weighted by molar-refractivity contribution is 1.07. The number of aromatic nitrogens is 9. The molecule has 0 unspecified atom stereocenters. The lowest BCUT2D eigenvalue weighted by Crippen LogP contribution is -2.00. The third-order valence-electron chi connectivity index (χ3n) is 19.7. The lowest BCUT2D eigenvalue weighted by atomic mass is 10.0. The van der Waals surface area contributed by atoms with Gasteiger partial charge in [0.25, 0.3) is 0 Å². The van der Waals surface area contributed by atoms with Crippen LogP contribution in [0.2, 0.25) is 0 Å². The van der Waals surface area contributed by atoms with Crippen LogP contribution in [-0.4, -0.2) is 44.4 Å². The molecule has 0 fully saturated rings. The van der Waals surface area contributed by atoms with Crippen LogP contribution < -0.4 is 0 Å². The molecule has 0 spiro atoms. The fourth-order valence-corrected chi connectivity index (χ4v) is 19.2. The second kappa shape index (κ2) is 27.3. The Balaban J connectivity index is 0.000000118. The summed E-state index contributed by atoms with van der Waals surface area (Å²) in [5, 5.41) is 9.51. The zero-order chi connectivity index (χ0) is 70.9. The third kappa shape index (κ3) is 12.0. The molecule has 107 heavy (non-hydrogen) atoms. The predicted molar refractivity (Wildman–Crippen MR) is 452 cm³/mol. The summed E-state index contributed by atoms with van der Waals surface area (Å²) in [7, 11) is 0. The summed E-state index contributed by atoms with van der Waals surface area (Å²) >= 11 is 10.6. The van der Waals surface area contributed by atoms with Gasteiger partial charge in [0.2, 0.25) is 0 Å². The van der Waals surface area contributed by atoms with Crippen molar-refractivity contribution in [2.24, 2.45) is 0 Å². The molecular formula is C93H56BrN9S4. The quantitative estimate of drug-likeness (QED) is 0.141. The molecule has 9 nitrogen and oxygen atoms in total. The topological polar surface area (TPSA) is 108 Å². The van der Waals surface area contributed by atoms with E-state index < -0.39 is 0 Å². The normalized spacial score (nSPS) is 11.7. The molecule has 14 aromatic carbocycles. The minimum Gasteiger partial charge on any atom is -0.309 e. The standard InChI is InChI=1S/C46H27N5S2.C27H16BrN3S.C20H13NS/c1-2-11-28(12-3-1)43-48-44(50-45(49-43)36-16-10-15-35-34-14-5-8-19-40(34)52-42(35)36)29-21-24-31(25-22-29)51-38-18-7-4-13-32(38)33-26-23-30(27-39(33)51)46-47-37-17-6-9-20-41(37)53-46;28-19-15-13-18(14-16-19)26-29-25(17-7-2-1-3-8-17)30-27(31-26)22-11-6-10-21-20-9-4-5-12-23(20)32-24(21)22;1-2-6-16-13(5-1)11-15-12-14(9-10-17(15)16)20-21-18-7-3-4-8-19(18)22-20/h1-27H;1-16H;1-10,12H,11H2. The summed E-state index contributed by atoms with van der Waals surface area (Å²) in [6.45, 7) is 0. The monoisotopic (exact) mass is 1510 g/mol. The molecular weight excluding hydrogens is 1450 g/mol. The van der Waals surface area contributed by atoms with Gasteiger partial charge in [-0.2, -0.15) is 0 Å². The Hall–Kier alpha value is -12.4. The van der Waals surface area contributed by atoms with E-state index in [-0.39, 0.29) is 0 Å². The average molecular weight is 1510 g/mol. The van der Waals surface area contributed by atoms with Gasteiger partial charge in [-0.25, -0.2) is 39.9 Å². The van der Waals surface area contributed by atoms with Crippen LogP contribution in [0, 0.1) is 0 Å². The number of halogens is 1. The van der Waals surface area contributed by atoms with Crippen molar-refractivity contribution < 1.29 is 0 Å². The number of hydrogen-bond donors (Lipinski definition) is 0. The van der Waals surface area contributed by atoms with Crippen molar-refractivity contribution in [2.45, 2.75) is 6.42 Å². The number of fused-ring (bicyclic) bond motifs is 14. The Morgan fingerprint density at radius 1 is 0.252 bits per heavy atom. The third-order valence-corrected chi connectivity index (χ3v) is 24.8. The van der Waals surface area contributed by atoms with E-state index in [4.69, 9.17) is 39.9 Å². The number of thiazole rings is 2. The van der Waals surface area contributed by atoms with Crippen LogP contribution in [0.4, 0.5) is 0 Å². The van der Waals surface area contributed by atoms with E-state index in [1.807, 2.05) is 84.9 Å². The maximum Gasteiger partial charge on any atom is 0.165 e. The molecule has 1 aliphatic carbocycles. The maximum atomic E-state index is 5.15. The maximum absolute atomic E-state index is 5.15. The van der Waals surface area contributed by atoms with Gasteiger partial charge in [-0.15, -0.1) is 45.3 Å². The molecule has 0 bridgehead atoms. The highest BCUT2D eigenvalue weighted by Crippen LogP contribution is 2.45. The molecule has 0 saturated carbocycles. The van der Waals surface area contributed by atoms with Crippen LogP contribution in [0.5, 0.6) is 0 Å². The Kier molecular flexibility index (Phi) is 16.4. The fraction of sp³-hybridized carbons (Fsp3) is 0.0108. The first kappa shape index (κ1) is 64.2.